The molecule has 0 spiro atoms. The van der Waals surface area contributed by atoms with Crippen LogP contribution in [-0.4, -0.2) is 25.7 Å². The fourth-order valence-corrected chi connectivity index (χ4v) is 2.04. The first kappa shape index (κ1) is 16.4. The number of benzene rings is 1. The molecule has 0 amide bonds. The third-order valence-electron chi connectivity index (χ3n) is 2.59. The van der Waals surface area contributed by atoms with Crippen LogP contribution >= 0.6 is 15.9 Å². The molecule has 0 radical (unpaired) electrons. The van der Waals surface area contributed by atoms with Crippen molar-refractivity contribution in [3.05, 3.63) is 34.1 Å². The lowest BCUT2D eigenvalue weighted by Gasteiger charge is -2.17. The van der Waals surface area contributed by atoms with E-state index in [9.17, 15) is 13.2 Å². The van der Waals surface area contributed by atoms with Gasteiger partial charge in [-0.3, -0.25) is 11.3 Å². The summed E-state index contributed by atoms with van der Waals surface area (Å²) in [6.45, 7) is -0.410. The molecule has 0 aliphatic rings. The Morgan fingerprint density at radius 3 is 2.74 bits per heavy atom. The van der Waals surface area contributed by atoms with Crippen LogP contribution in [0.25, 0.3) is 0 Å². The van der Waals surface area contributed by atoms with E-state index in [-0.39, 0.29) is 18.5 Å². The molecule has 3 nitrogen and oxygen atoms in total. The van der Waals surface area contributed by atoms with Gasteiger partial charge in [0, 0.05) is 12.6 Å². The van der Waals surface area contributed by atoms with E-state index in [1.54, 1.807) is 12.1 Å². The normalized spacial score (nSPS) is 12.9. The molecule has 1 unspecified atom stereocenters. The number of hydrazine groups is 1. The van der Waals surface area contributed by atoms with Gasteiger partial charge in [0.15, 0.2) is 0 Å². The summed E-state index contributed by atoms with van der Waals surface area (Å²) < 4.78 is 42.2. The van der Waals surface area contributed by atoms with Crippen molar-refractivity contribution in [2.24, 2.45) is 5.84 Å². The largest absolute Gasteiger partial charge is 0.375 e. The van der Waals surface area contributed by atoms with Crippen LogP contribution < -0.4 is 11.3 Å². The van der Waals surface area contributed by atoms with Crippen LogP contribution in [0.5, 0.6) is 0 Å². The number of hydrogen-bond acceptors (Lipinski definition) is 3. The molecular weight excluding hydrogens is 325 g/mol. The van der Waals surface area contributed by atoms with E-state index in [4.69, 9.17) is 10.6 Å². The van der Waals surface area contributed by atoms with Crippen molar-refractivity contribution in [3.8, 4) is 0 Å². The van der Waals surface area contributed by atoms with Crippen LogP contribution in [0.15, 0.2) is 22.7 Å². The van der Waals surface area contributed by atoms with Gasteiger partial charge in [0.25, 0.3) is 6.43 Å². The molecule has 1 rings (SSSR count). The number of hydrogen-bond donors (Lipinski definition) is 2. The monoisotopic (exact) mass is 340 g/mol. The fraction of sp³-hybridized carbons (Fsp3) is 0.500. The lowest BCUT2D eigenvalue weighted by atomic mass is 10.0. The summed E-state index contributed by atoms with van der Waals surface area (Å²) in [6.07, 6.45) is -1.53. The van der Waals surface area contributed by atoms with Crippen LogP contribution in [0.1, 0.15) is 12.0 Å². The molecule has 108 valence electrons. The summed E-state index contributed by atoms with van der Waals surface area (Å²) in [7, 11) is 0. The van der Waals surface area contributed by atoms with Crippen LogP contribution in [-0.2, 0) is 11.2 Å². The molecule has 0 fully saturated rings. The van der Waals surface area contributed by atoms with Gasteiger partial charge < -0.3 is 4.74 Å². The zero-order valence-electron chi connectivity index (χ0n) is 10.2. The Kier molecular flexibility index (Phi) is 7.37. The van der Waals surface area contributed by atoms with Crippen molar-refractivity contribution in [1.82, 2.24) is 5.43 Å². The zero-order chi connectivity index (χ0) is 14.3. The summed E-state index contributed by atoms with van der Waals surface area (Å²) in [6, 6.07) is 4.56. The molecule has 0 aliphatic carbocycles. The van der Waals surface area contributed by atoms with Crippen molar-refractivity contribution in [2.45, 2.75) is 25.3 Å². The Morgan fingerprint density at radius 2 is 2.11 bits per heavy atom. The lowest BCUT2D eigenvalue weighted by molar-refractivity contribution is 0.0144. The molecule has 0 aromatic heterocycles. The molecule has 0 heterocycles. The van der Waals surface area contributed by atoms with Crippen molar-refractivity contribution < 1.29 is 17.9 Å². The van der Waals surface area contributed by atoms with Gasteiger partial charge in [-0.05, 0) is 40.4 Å². The number of rotatable bonds is 8. The molecule has 0 aliphatic heterocycles. The highest BCUT2D eigenvalue weighted by Gasteiger charge is 2.12. The van der Waals surface area contributed by atoms with Gasteiger partial charge in [-0.15, -0.1) is 0 Å². The van der Waals surface area contributed by atoms with E-state index >= 15 is 0 Å². The summed E-state index contributed by atoms with van der Waals surface area (Å²) in [5, 5.41) is 0. The molecule has 7 heteroatoms. The van der Waals surface area contributed by atoms with Crippen LogP contribution in [0, 0.1) is 5.82 Å². The molecule has 1 aromatic carbocycles. The van der Waals surface area contributed by atoms with Crippen LogP contribution in [0.2, 0.25) is 0 Å². The second-order valence-electron chi connectivity index (χ2n) is 4.04. The van der Waals surface area contributed by atoms with Gasteiger partial charge in [0.1, 0.15) is 12.4 Å². The highest BCUT2D eigenvalue weighted by Crippen LogP contribution is 2.22. The predicted molar refractivity (Wildman–Crippen MR) is 70.4 cm³/mol. The first-order chi connectivity index (χ1) is 9.04. The minimum Gasteiger partial charge on any atom is -0.375 e. The number of alkyl halides is 2. The number of ether oxygens (including phenoxy) is 1. The molecule has 1 atom stereocenters. The Balaban J connectivity index is 2.45. The van der Waals surface area contributed by atoms with Gasteiger partial charge in [-0.1, -0.05) is 12.1 Å². The SMILES string of the molecule is NNC(CCOCC(F)F)Cc1cccc(F)c1Br. The third kappa shape index (κ3) is 5.90. The summed E-state index contributed by atoms with van der Waals surface area (Å²) in [5.74, 6) is 5.04. The average Bonchev–Trinajstić information content (AvgIpc) is 2.37. The Morgan fingerprint density at radius 1 is 1.37 bits per heavy atom. The Hall–Kier alpha value is -0.630. The zero-order valence-corrected chi connectivity index (χ0v) is 11.8. The maximum absolute atomic E-state index is 13.3. The highest BCUT2D eigenvalue weighted by molar-refractivity contribution is 9.10. The first-order valence-electron chi connectivity index (χ1n) is 5.79. The van der Waals surface area contributed by atoms with Crippen molar-refractivity contribution in [1.29, 1.82) is 0 Å². The predicted octanol–water partition coefficient (Wildman–Crippen LogP) is 2.63. The molecule has 19 heavy (non-hydrogen) atoms. The van der Waals surface area contributed by atoms with Gasteiger partial charge in [0.05, 0.1) is 4.47 Å². The summed E-state index contributed by atoms with van der Waals surface area (Å²) in [4.78, 5) is 0. The first-order valence-corrected chi connectivity index (χ1v) is 6.58. The molecule has 1 aromatic rings. The minimum atomic E-state index is -2.47. The number of halogens is 4. The van der Waals surface area contributed by atoms with Crippen LogP contribution in [0.3, 0.4) is 0 Å². The number of nitrogens with two attached hydrogens (primary N) is 1. The third-order valence-corrected chi connectivity index (χ3v) is 3.48. The van der Waals surface area contributed by atoms with E-state index in [0.29, 0.717) is 17.3 Å². The standard InChI is InChI=1S/C12H16BrF3N2O/c13-12-8(2-1-3-10(12)14)6-9(18-17)4-5-19-7-11(15)16/h1-3,9,11,18H,4-7,17H2. The lowest BCUT2D eigenvalue weighted by Crippen LogP contribution is -2.37. The smallest absolute Gasteiger partial charge is 0.261 e. The summed E-state index contributed by atoms with van der Waals surface area (Å²) in [5.41, 5.74) is 3.34. The number of nitrogens with one attached hydrogen (secondary N) is 1. The van der Waals surface area contributed by atoms with Crippen molar-refractivity contribution in [2.75, 3.05) is 13.2 Å². The topological polar surface area (TPSA) is 47.3 Å². The van der Waals surface area contributed by atoms with E-state index in [1.807, 2.05) is 0 Å². The maximum atomic E-state index is 13.3. The average molecular weight is 341 g/mol. The van der Waals surface area contributed by atoms with Gasteiger partial charge >= 0.3 is 0 Å². The molecule has 0 saturated carbocycles. The molecular formula is C12H16BrF3N2O. The van der Waals surface area contributed by atoms with E-state index in [0.717, 1.165) is 5.56 Å². The van der Waals surface area contributed by atoms with Gasteiger partial charge in [0.2, 0.25) is 0 Å². The second-order valence-corrected chi connectivity index (χ2v) is 4.83. The molecule has 3 N–H and O–H groups in total. The Bertz CT molecular complexity index is 393. The van der Waals surface area contributed by atoms with Gasteiger partial charge in [-0.2, -0.15) is 0 Å². The van der Waals surface area contributed by atoms with Crippen LogP contribution in [0.4, 0.5) is 13.2 Å². The van der Waals surface area contributed by atoms with E-state index in [1.165, 1.54) is 6.07 Å². The second kappa shape index (κ2) is 8.52. The minimum absolute atomic E-state index is 0.171. The van der Waals surface area contributed by atoms with E-state index < -0.39 is 13.0 Å². The maximum Gasteiger partial charge on any atom is 0.261 e. The molecule has 0 saturated heterocycles. The quantitative estimate of drug-likeness (QED) is 0.434. The Labute approximate surface area is 118 Å². The van der Waals surface area contributed by atoms with E-state index in [2.05, 4.69) is 21.4 Å². The highest BCUT2D eigenvalue weighted by atomic mass is 79.9. The van der Waals surface area contributed by atoms with Gasteiger partial charge in [-0.25, -0.2) is 13.2 Å². The molecule has 0 bridgehead atoms. The fourth-order valence-electron chi connectivity index (χ4n) is 1.61. The van der Waals surface area contributed by atoms with Crippen molar-refractivity contribution >= 4 is 15.9 Å². The summed E-state index contributed by atoms with van der Waals surface area (Å²) >= 11 is 3.16. The van der Waals surface area contributed by atoms with Crippen molar-refractivity contribution in [3.63, 3.8) is 0 Å².